The van der Waals surface area contributed by atoms with Crippen LogP contribution in [0.4, 0.5) is 4.79 Å². The van der Waals surface area contributed by atoms with Gasteiger partial charge < -0.3 is 9.64 Å². The van der Waals surface area contributed by atoms with Crippen molar-refractivity contribution in [1.82, 2.24) is 4.90 Å². The van der Waals surface area contributed by atoms with Crippen LogP contribution in [-0.2, 0) is 4.74 Å². The lowest BCUT2D eigenvalue weighted by Crippen LogP contribution is -2.34. The number of rotatable bonds is 4. The molecule has 1 amide bonds. The Hall–Kier alpha value is -0.730. The molecule has 0 radical (unpaired) electrons. The Morgan fingerprint density at radius 2 is 1.53 bits per heavy atom. The number of carbonyl (C=O) groups excluding carboxylic acids is 1. The average Bonchev–Trinajstić information content (AvgIpc) is 2.22. The molecule has 0 rings (SSSR count). The summed E-state index contributed by atoms with van der Waals surface area (Å²) < 4.78 is 5.24. The maximum absolute atomic E-state index is 11.4. The van der Waals surface area contributed by atoms with E-state index >= 15 is 0 Å². The third-order valence-electron chi connectivity index (χ3n) is 2.25. The number of carbonyl (C=O) groups is 1. The SMILES string of the molecule is CC.CCN(CC)C(=O)OC(C)C(C)C. The van der Waals surface area contributed by atoms with E-state index in [1.54, 1.807) is 4.90 Å². The van der Waals surface area contributed by atoms with Gasteiger partial charge in [0.25, 0.3) is 0 Å². The first-order valence-electron chi connectivity index (χ1n) is 5.98. The highest BCUT2D eigenvalue weighted by molar-refractivity contribution is 5.67. The largest absolute Gasteiger partial charge is 0.446 e. The zero-order chi connectivity index (χ0) is 12.4. The molecule has 1 unspecified atom stereocenters. The van der Waals surface area contributed by atoms with Gasteiger partial charge in [0.15, 0.2) is 0 Å². The Labute approximate surface area is 94.8 Å². The quantitative estimate of drug-likeness (QED) is 0.721. The second-order valence-corrected chi connectivity index (χ2v) is 3.51. The standard InChI is InChI=1S/C10H21NO2.C2H6/c1-6-11(7-2)10(12)13-9(5)8(3)4;1-2/h8-9H,6-7H2,1-5H3;1-2H3. The second-order valence-electron chi connectivity index (χ2n) is 3.51. The van der Waals surface area contributed by atoms with E-state index in [2.05, 4.69) is 0 Å². The van der Waals surface area contributed by atoms with E-state index < -0.39 is 0 Å². The van der Waals surface area contributed by atoms with Gasteiger partial charge in [-0.05, 0) is 26.7 Å². The van der Waals surface area contributed by atoms with Gasteiger partial charge in [0.05, 0.1) is 0 Å². The molecule has 1 atom stereocenters. The lowest BCUT2D eigenvalue weighted by atomic mass is 10.1. The number of nitrogens with zero attached hydrogens (tertiary/aromatic N) is 1. The van der Waals surface area contributed by atoms with Gasteiger partial charge in [0.2, 0.25) is 0 Å². The molecule has 0 aromatic rings. The van der Waals surface area contributed by atoms with Gasteiger partial charge in [0, 0.05) is 13.1 Å². The third-order valence-corrected chi connectivity index (χ3v) is 2.25. The van der Waals surface area contributed by atoms with E-state index in [1.807, 2.05) is 48.5 Å². The Kier molecular flexibility index (Phi) is 10.9. The second kappa shape index (κ2) is 9.81. The summed E-state index contributed by atoms with van der Waals surface area (Å²) in [6, 6.07) is 0. The molecule has 0 aromatic carbocycles. The molecule has 0 bridgehead atoms. The van der Waals surface area contributed by atoms with E-state index in [0.717, 1.165) is 0 Å². The molecular weight excluding hydrogens is 190 g/mol. The number of hydrogen-bond acceptors (Lipinski definition) is 2. The predicted molar refractivity (Wildman–Crippen MR) is 65.1 cm³/mol. The number of amides is 1. The minimum Gasteiger partial charge on any atom is -0.446 e. The molecule has 92 valence electrons. The summed E-state index contributed by atoms with van der Waals surface area (Å²) in [4.78, 5) is 13.1. The topological polar surface area (TPSA) is 29.5 Å². The highest BCUT2D eigenvalue weighted by atomic mass is 16.6. The monoisotopic (exact) mass is 217 g/mol. The van der Waals surface area contributed by atoms with Crippen LogP contribution in [0.25, 0.3) is 0 Å². The molecule has 15 heavy (non-hydrogen) atoms. The van der Waals surface area contributed by atoms with Crippen molar-refractivity contribution in [3.63, 3.8) is 0 Å². The molecule has 0 aliphatic rings. The molecule has 3 heteroatoms. The zero-order valence-corrected chi connectivity index (χ0v) is 11.3. The first-order chi connectivity index (χ1) is 7.02. The first-order valence-corrected chi connectivity index (χ1v) is 5.98. The molecule has 0 spiro atoms. The van der Waals surface area contributed by atoms with Gasteiger partial charge in [-0.2, -0.15) is 0 Å². The van der Waals surface area contributed by atoms with Crippen LogP contribution < -0.4 is 0 Å². The summed E-state index contributed by atoms with van der Waals surface area (Å²) >= 11 is 0. The Morgan fingerprint density at radius 1 is 1.13 bits per heavy atom. The average molecular weight is 217 g/mol. The zero-order valence-electron chi connectivity index (χ0n) is 11.3. The fourth-order valence-electron chi connectivity index (χ4n) is 0.851. The van der Waals surface area contributed by atoms with Crippen molar-refractivity contribution in [3.05, 3.63) is 0 Å². The van der Waals surface area contributed by atoms with E-state index in [9.17, 15) is 4.79 Å². The normalized spacial score (nSPS) is 11.5. The van der Waals surface area contributed by atoms with Crippen LogP contribution in [-0.4, -0.2) is 30.2 Å². The van der Waals surface area contributed by atoms with Crippen LogP contribution >= 0.6 is 0 Å². The van der Waals surface area contributed by atoms with Gasteiger partial charge in [-0.15, -0.1) is 0 Å². The molecule has 0 saturated heterocycles. The fourth-order valence-corrected chi connectivity index (χ4v) is 0.851. The first kappa shape index (κ1) is 16.7. The van der Waals surface area contributed by atoms with Crippen molar-refractivity contribution < 1.29 is 9.53 Å². The lowest BCUT2D eigenvalue weighted by Gasteiger charge is -2.23. The van der Waals surface area contributed by atoms with Crippen LogP contribution in [0.2, 0.25) is 0 Å². The summed E-state index contributed by atoms with van der Waals surface area (Å²) in [5, 5.41) is 0. The minimum absolute atomic E-state index is 0.00639. The van der Waals surface area contributed by atoms with Crippen molar-refractivity contribution in [2.45, 2.75) is 54.6 Å². The van der Waals surface area contributed by atoms with E-state index in [0.29, 0.717) is 19.0 Å². The summed E-state index contributed by atoms with van der Waals surface area (Å²) in [6.45, 7) is 15.3. The van der Waals surface area contributed by atoms with E-state index in [4.69, 9.17) is 4.74 Å². The van der Waals surface area contributed by atoms with Crippen molar-refractivity contribution in [3.8, 4) is 0 Å². The van der Waals surface area contributed by atoms with Crippen molar-refractivity contribution in [1.29, 1.82) is 0 Å². The predicted octanol–water partition coefficient (Wildman–Crippen LogP) is 3.54. The maximum atomic E-state index is 11.4. The molecule has 0 saturated carbocycles. The fraction of sp³-hybridized carbons (Fsp3) is 0.917. The molecule has 3 nitrogen and oxygen atoms in total. The highest BCUT2D eigenvalue weighted by Gasteiger charge is 2.16. The summed E-state index contributed by atoms with van der Waals surface area (Å²) in [7, 11) is 0. The highest BCUT2D eigenvalue weighted by Crippen LogP contribution is 2.07. The Morgan fingerprint density at radius 3 is 1.80 bits per heavy atom. The van der Waals surface area contributed by atoms with Crippen LogP contribution in [0.15, 0.2) is 0 Å². The van der Waals surface area contributed by atoms with E-state index in [-0.39, 0.29) is 12.2 Å². The number of hydrogen-bond donors (Lipinski definition) is 0. The third kappa shape index (κ3) is 7.23. The van der Waals surface area contributed by atoms with Crippen LogP contribution in [0.5, 0.6) is 0 Å². The number of ether oxygens (including phenoxy) is 1. The summed E-state index contributed by atoms with van der Waals surface area (Å²) in [5.41, 5.74) is 0. The molecule has 0 fully saturated rings. The summed E-state index contributed by atoms with van der Waals surface area (Å²) in [5.74, 6) is 0.375. The van der Waals surface area contributed by atoms with E-state index in [1.165, 1.54) is 0 Å². The molecule has 0 N–H and O–H groups in total. The molecule has 0 aromatic heterocycles. The van der Waals surface area contributed by atoms with Crippen LogP contribution in [0, 0.1) is 5.92 Å². The van der Waals surface area contributed by atoms with Crippen LogP contribution in [0.1, 0.15) is 48.5 Å². The maximum Gasteiger partial charge on any atom is 0.410 e. The van der Waals surface area contributed by atoms with Gasteiger partial charge in [-0.3, -0.25) is 0 Å². The Bertz CT molecular complexity index is 154. The molecular formula is C12H27NO2. The van der Waals surface area contributed by atoms with Gasteiger partial charge in [-0.1, -0.05) is 27.7 Å². The van der Waals surface area contributed by atoms with Gasteiger partial charge >= 0.3 is 6.09 Å². The minimum atomic E-state index is -0.203. The summed E-state index contributed by atoms with van der Waals surface area (Å²) in [6.07, 6.45) is -0.209. The van der Waals surface area contributed by atoms with Gasteiger partial charge in [0.1, 0.15) is 6.10 Å². The Balaban J connectivity index is 0. The van der Waals surface area contributed by atoms with Crippen molar-refractivity contribution in [2.75, 3.05) is 13.1 Å². The molecule has 0 aliphatic carbocycles. The lowest BCUT2D eigenvalue weighted by molar-refractivity contribution is 0.0532. The molecule has 0 heterocycles. The van der Waals surface area contributed by atoms with Crippen LogP contribution in [0.3, 0.4) is 0 Å². The molecule has 0 aliphatic heterocycles. The smallest absolute Gasteiger partial charge is 0.410 e. The van der Waals surface area contributed by atoms with Crippen molar-refractivity contribution >= 4 is 6.09 Å². The van der Waals surface area contributed by atoms with Crippen molar-refractivity contribution in [2.24, 2.45) is 5.92 Å². The van der Waals surface area contributed by atoms with Gasteiger partial charge in [-0.25, -0.2) is 4.79 Å².